The molecule has 0 saturated carbocycles. The molecular formula is C12H20N4O2. The maximum atomic E-state index is 9.22. The summed E-state index contributed by atoms with van der Waals surface area (Å²) < 4.78 is 5.62. The maximum absolute atomic E-state index is 9.22. The number of aliphatic hydroxyl groups is 1. The molecule has 0 bridgehead atoms. The van der Waals surface area contributed by atoms with Crippen molar-refractivity contribution in [2.75, 3.05) is 43.6 Å². The molecule has 6 nitrogen and oxygen atoms in total. The Morgan fingerprint density at radius 1 is 1.50 bits per heavy atom. The molecule has 1 saturated heterocycles. The largest absolute Gasteiger partial charge is 0.394 e. The summed E-state index contributed by atoms with van der Waals surface area (Å²) in [6.07, 6.45) is 1.70. The Kier molecular flexibility index (Phi) is 3.98. The topological polar surface area (TPSA) is 61.7 Å². The monoisotopic (exact) mass is 252 g/mol. The molecule has 0 radical (unpaired) electrons. The number of rotatable bonds is 3. The first-order valence-corrected chi connectivity index (χ1v) is 6.11. The fourth-order valence-corrected chi connectivity index (χ4v) is 2.06. The van der Waals surface area contributed by atoms with E-state index in [-0.39, 0.29) is 18.8 Å². The smallest absolute Gasteiger partial charge is 0.226 e. The normalized spacial score (nSPS) is 24.1. The van der Waals surface area contributed by atoms with Crippen LogP contribution in [0.4, 0.5) is 11.8 Å². The van der Waals surface area contributed by atoms with E-state index in [1.54, 1.807) is 6.20 Å². The van der Waals surface area contributed by atoms with Gasteiger partial charge in [-0.2, -0.15) is 4.98 Å². The molecule has 1 fully saturated rings. The molecule has 6 heteroatoms. The van der Waals surface area contributed by atoms with Gasteiger partial charge in [0.15, 0.2) is 0 Å². The van der Waals surface area contributed by atoms with Crippen molar-refractivity contribution in [3.05, 3.63) is 12.3 Å². The standard InChI is InChI=1S/C12H20N4O2/c1-9-6-16(7-10(8-17)18-9)11-4-5-13-12(14-11)15(2)3/h4-5,9-10,17H,6-8H2,1-3H3. The van der Waals surface area contributed by atoms with Crippen LogP contribution in [0, 0.1) is 0 Å². The van der Waals surface area contributed by atoms with E-state index in [4.69, 9.17) is 4.74 Å². The van der Waals surface area contributed by atoms with E-state index in [0.717, 1.165) is 12.4 Å². The highest BCUT2D eigenvalue weighted by Crippen LogP contribution is 2.19. The summed E-state index contributed by atoms with van der Waals surface area (Å²) in [5.74, 6) is 1.56. The predicted octanol–water partition coefficient (Wildman–Crippen LogP) is 0.129. The highest BCUT2D eigenvalue weighted by molar-refractivity contribution is 5.43. The number of anilines is 2. The Balaban J connectivity index is 2.17. The predicted molar refractivity (Wildman–Crippen MR) is 70.0 cm³/mol. The van der Waals surface area contributed by atoms with Crippen LogP contribution in [-0.2, 0) is 4.74 Å². The van der Waals surface area contributed by atoms with E-state index in [1.807, 2.05) is 32.0 Å². The van der Waals surface area contributed by atoms with E-state index in [0.29, 0.717) is 12.5 Å². The zero-order valence-corrected chi connectivity index (χ0v) is 11.1. The SMILES string of the molecule is CC1CN(c2ccnc(N(C)C)n2)CC(CO)O1. The van der Waals surface area contributed by atoms with Crippen LogP contribution in [0.5, 0.6) is 0 Å². The van der Waals surface area contributed by atoms with Gasteiger partial charge in [-0.15, -0.1) is 0 Å². The van der Waals surface area contributed by atoms with Crippen molar-refractivity contribution in [3.8, 4) is 0 Å². The summed E-state index contributed by atoms with van der Waals surface area (Å²) in [7, 11) is 3.83. The van der Waals surface area contributed by atoms with Gasteiger partial charge in [-0.3, -0.25) is 0 Å². The Morgan fingerprint density at radius 2 is 2.28 bits per heavy atom. The first-order chi connectivity index (χ1) is 8.60. The van der Waals surface area contributed by atoms with Gasteiger partial charge >= 0.3 is 0 Å². The molecule has 1 N–H and O–H groups in total. The van der Waals surface area contributed by atoms with Crippen LogP contribution in [0.2, 0.25) is 0 Å². The van der Waals surface area contributed by atoms with Crippen molar-refractivity contribution >= 4 is 11.8 Å². The Bertz CT molecular complexity index is 399. The molecule has 1 aliphatic rings. The fraction of sp³-hybridized carbons (Fsp3) is 0.667. The van der Waals surface area contributed by atoms with Crippen LogP contribution in [0.3, 0.4) is 0 Å². The van der Waals surface area contributed by atoms with Gasteiger partial charge < -0.3 is 19.6 Å². The number of aromatic nitrogens is 2. The number of aliphatic hydroxyl groups excluding tert-OH is 1. The second kappa shape index (κ2) is 5.49. The van der Waals surface area contributed by atoms with Crippen LogP contribution in [0.1, 0.15) is 6.92 Å². The average Bonchev–Trinajstić information content (AvgIpc) is 2.38. The summed E-state index contributed by atoms with van der Waals surface area (Å²) in [5.41, 5.74) is 0. The molecule has 0 amide bonds. The quantitative estimate of drug-likeness (QED) is 0.825. The molecule has 2 heterocycles. The van der Waals surface area contributed by atoms with Crippen molar-refractivity contribution in [1.29, 1.82) is 0 Å². The summed E-state index contributed by atoms with van der Waals surface area (Å²) in [6, 6.07) is 1.89. The van der Waals surface area contributed by atoms with Gasteiger partial charge in [-0.05, 0) is 13.0 Å². The number of hydrogen-bond donors (Lipinski definition) is 1. The van der Waals surface area contributed by atoms with Gasteiger partial charge in [0.05, 0.1) is 18.8 Å². The molecule has 2 unspecified atom stereocenters. The average molecular weight is 252 g/mol. The van der Waals surface area contributed by atoms with Gasteiger partial charge in [0.25, 0.3) is 0 Å². The van der Waals surface area contributed by atoms with Gasteiger partial charge in [-0.1, -0.05) is 0 Å². The Hall–Kier alpha value is -1.40. The molecule has 2 atom stereocenters. The second-order valence-electron chi connectivity index (χ2n) is 4.77. The minimum atomic E-state index is -0.147. The summed E-state index contributed by atoms with van der Waals surface area (Å²) >= 11 is 0. The van der Waals surface area contributed by atoms with Gasteiger partial charge in [0.1, 0.15) is 5.82 Å². The van der Waals surface area contributed by atoms with E-state index >= 15 is 0 Å². The van der Waals surface area contributed by atoms with Crippen LogP contribution in [-0.4, -0.2) is 61.1 Å². The van der Waals surface area contributed by atoms with Crippen molar-refractivity contribution in [2.45, 2.75) is 19.1 Å². The van der Waals surface area contributed by atoms with Gasteiger partial charge in [0.2, 0.25) is 5.95 Å². The minimum Gasteiger partial charge on any atom is -0.394 e. The fourth-order valence-electron chi connectivity index (χ4n) is 2.06. The first-order valence-electron chi connectivity index (χ1n) is 6.11. The summed E-state index contributed by atoms with van der Waals surface area (Å²) in [6.45, 7) is 3.47. The van der Waals surface area contributed by atoms with E-state index in [9.17, 15) is 5.11 Å². The van der Waals surface area contributed by atoms with Gasteiger partial charge in [-0.25, -0.2) is 4.98 Å². The van der Waals surface area contributed by atoms with Crippen molar-refractivity contribution in [3.63, 3.8) is 0 Å². The lowest BCUT2D eigenvalue weighted by Gasteiger charge is -2.36. The third-order valence-corrected chi connectivity index (χ3v) is 2.88. The zero-order chi connectivity index (χ0) is 13.1. The lowest BCUT2D eigenvalue weighted by molar-refractivity contribution is -0.0423. The molecule has 1 aromatic heterocycles. The van der Waals surface area contributed by atoms with Crippen LogP contribution in [0.25, 0.3) is 0 Å². The molecule has 18 heavy (non-hydrogen) atoms. The molecule has 100 valence electrons. The Labute approximate surface area is 107 Å². The van der Waals surface area contributed by atoms with Crippen molar-refractivity contribution < 1.29 is 9.84 Å². The van der Waals surface area contributed by atoms with Gasteiger partial charge in [0, 0.05) is 33.4 Å². The van der Waals surface area contributed by atoms with E-state index < -0.39 is 0 Å². The van der Waals surface area contributed by atoms with Crippen LogP contribution >= 0.6 is 0 Å². The van der Waals surface area contributed by atoms with Crippen molar-refractivity contribution in [1.82, 2.24) is 9.97 Å². The number of morpholine rings is 1. The molecule has 0 aliphatic carbocycles. The summed E-state index contributed by atoms with van der Waals surface area (Å²) in [5, 5.41) is 9.22. The van der Waals surface area contributed by atoms with Crippen molar-refractivity contribution in [2.24, 2.45) is 0 Å². The van der Waals surface area contributed by atoms with Crippen LogP contribution in [0.15, 0.2) is 12.3 Å². The number of nitrogens with zero attached hydrogens (tertiary/aromatic N) is 4. The van der Waals surface area contributed by atoms with E-state index in [1.165, 1.54) is 0 Å². The minimum absolute atomic E-state index is 0.0342. The molecular weight excluding hydrogens is 232 g/mol. The molecule has 1 aliphatic heterocycles. The lowest BCUT2D eigenvalue weighted by atomic mass is 10.2. The second-order valence-corrected chi connectivity index (χ2v) is 4.77. The first kappa shape index (κ1) is 13.0. The highest BCUT2D eigenvalue weighted by Gasteiger charge is 2.25. The molecule has 2 rings (SSSR count). The van der Waals surface area contributed by atoms with E-state index in [2.05, 4.69) is 14.9 Å². The summed E-state index contributed by atoms with van der Waals surface area (Å²) in [4.78, 5) is 12.7. The highest BCUT2D eigenvalue weighted by atomic mass is 16.5. The van der Waals surface area contributed by atoms with Crippen LogP contribution < -0.4 is 9.80 Å². The molecule has 1 aromatic rings. The number of ether oxygens (including phenoxy) is 1. The number of hydrogen-bond acceptors (Lipinski definition) is 6. The zero-order valence-electron chi connectivity index (χ0n) is 11.1. The molecule has 0 aromatic carbocycles. The molecule has 0 spiro atoms. The maximum Gasteiger partial charge on any atom is 0.226 e. The third-order valence-electron chi connectivity index (χ3n) is 2.88. The third kappa shape index (κ3) is 2.88. The Morgan fingerprint density at radius 3 is 2.94 bits per heavy atom. The lowest BCUT2D eigenvalue weighted by Crippen LogP contribution is -2.48.